The van der Waals surface area contributed by atoms with Crippen LogP contribution in [0.5, 0.6) is 0 Å². The number of benzene rings is 1. The number of carbonyl (C=O) groups is 1. The lowest BCUT2D eigenvalue weighted by Crippen LogP contribution is -1.97. The van der Waals surface area contributed by atoms with Gasteiger partial charge in [0.1, 0.15) is 0 Å². The highest BCUT2D eigenvalue weighted by Gasteiger charge is 2.10. The molecule has 0 radical (unpaired) electrons. The van der Waals surface area contributed by atoms with E-state index < -0.39 is 5.97 Å². The number of thioether (sulfide) groups is 1. The number of hydrogen-bond donors (Lipinski definition) is 1. The van der Waals surface area contributed by atoms with Crippen LogP contribution in [0, 0.1) is 0 Å². The van der Waals surface area contributed by atoms with Gasteiger partial charge in [-0.1, -0.05) is 53.4 Å². The van der Waals surface area contributed by atoms with Gasteiger partial charge in [-0.05, 0) is 0 Å². The van der Waals surface area contributed by atoms with Crippen LogP contribution >= 0.6 is 35.5 Å². The van der Waals surface area contributed by atoms with E-state index >= 15 is 0 Å². The molecule has 0 aliphatic rings. The van der Waals surface area contributed by atoms with E-state index in [4.69, 9.17) is 5.11 Å². The van der Waals surface area contributed by atoms with Crippen LogP contribution in [-0.4, -0.2) is 31.4 Å². The number of halogens is 1. The summed E-state index contributed by atoms with van der Waals surface area (Å²) in [4.78, 5) is 15.8. The van der Waals surface area contributed by atoms with Crippen LogP contribution in [0.4, 0.5) is 0 Å². The lowest BCUT2D eigenvalue weighted by Gasteiger charge is -1.93. The maximum Gasteiger partial charge on any atom is 0.313 e. The highest BCUT2D eigenvalue weighted by Crippen LogP contribution is 2.27. The van der Waals surface area contributed by atoms with Gasteiger partial charge >= 0.3 is 5.97 Å². The summed E-state index contributed by atoms with van der Waals surface area (Å²) in [6.07, 6.45) is 1.85. The molecule has 0 spiro atoms. The molecule has 0 amide bonds. The minimum atomic E-state index is -0.845. The first-order valence-electron chi connectivity index (χ1n) is 5.48. The van der Waals surface area contributed by atoms with Crippen LogP contribution in [0.1, 0.15) is 0 Å². The van der Waals surface area contributed by atoms with Crippen molar-refractivity contribution in [1.82, 2.24) is 14.6 Å². The summed E-state index contributed by atoms with van der Waals surface area (Å²) in [5, 5.41) is 12.9. The van der Waals surface area contributed by atoms with E-state index in [9.17, 15) is 4.79 Å². The van der Waals surface area contributed by atoms with Crippen molar-refractivity contribution in [2.45, 2.75) is 4.34 Å². The molecule has 0 aliphatic carbocycles. The molecule has 0 saturated heterocycles. The Hall–Kier alpha value is -1.57. The second-order valence-corrected chi connectivity index (χ2v) is 5.95. The van der Waals surface area contributed by atoms with Gasteiger partial charge in [-0.25, -0.2) is 9.50 Å². The molecule has 104 valence electrons. The van der Waals surface area contributed by atoms with Gasteiger partial charge in [0.15, 0.2) is 4.34 Å². The Morgan fingerprint density at radius 2 is 2.10 bits per heavy atom. The second kappa shape index (κ2) is 6.25. The Bertz CT molecular complexity index is 695. The van der Waals surface area contributed by atoms with Crippen molar-refractivity contribution in [2.24, 2.45) is 0 Å². The van der Waals surface area contributed by atoms with E-state index in [-0.39, 0.29) is 18.2 Å². The normalized spacial score (nSPS) is 10.4. The van der Waals surface area contributed by atoms with Crippen molar-refractivity contribution in [1.29, 1.82) is 0 Å². The first-order valence-corrected chi connectivity index (χ1v) is 7.29. The standard InChI is InChI=1S/C12H9N3O2S2.ClH/c16-10(17)7-18-12-14-15-6-9(13-11(15)19-12)8-4-2-1-3-5-8;/h1-6H,7H2,(H,16,17);1H. The number of carboxylic acids is 1. The smallest absolute Gasteiger partial charge is 0.313 e. The number of imidazole rings is 1. The average Bonchev–Trinajstić information content (AvgIpc) is 2.95. The fourth-order valence-corrected chi connectivity index (χ4v) is 3.26. The highest BCUT2D eigenvalue weighted by atomic mass is 35.5. The van der Waals surface area contributed by atoms with E-state index in [1.165, 1.54) is 23.1 Å². The van der Waals surface area contributed by atoms with Gasteiger partial charge in [-0.2, -0.15) is 0 Å². The van der Waals surface area contributed by atoms with Gasteiger partial charge in [0.05, 0.1) is 17.6 Å². The van der Waals surface area contributed by atoms with E-state index in [1.807, 2.05) is 36.5 Å². The summed E-state index contributed by atoms with van der Waals surface area (Å²) in [6.45, 7) is 0. The van der Waals surface area contributed by atoms with Crippen LogP contribution in [0.2, 0.25) is 0 Å². The fraction of sp³-hybridized carbons (Fsp3) is 0.0833. The van der Waals surface area contributed by atoms with Gasteiger partial charge < -0.3 is 5.11 Å². The summed E-state index contributed by atoms with van der Waals surface area (Å²) in [5.74, 6) is -0.829. The zero-order valence-corrected chi connectivity index (χ0v) is 12.5. The Morgan fingerprint density at radius 3 is 2.75 bits per heavy atom. The molecule has 0 atom stereocenters. The molecule has 0 bridgehead atoms. The molecule has 20 heavy (non-hydrogen) atoms. The number of hydrogen-bond acceptors (Lipinski definition) is 5. The number of rotatable bonds is 4. The van der Waals surface area contributed by atoms with Crippen molar-refractivity contribution < 1.29 is 9.90 Å². The van der Waals surface area contributed by atoms with Crippen molar-refractivity contribution in [3.05, 3.63) is 36.5 Å². The molecule has 1 aromatic carbocycles. The molecule has 3 aromatic rings. The molecule has 2 heterocycles. The van der Waals surface area contributed by atoms with Crippen LogP contribution in [0.25, 0.3) is 16.2 Å². The average molecular weight is 328 g/mol. The molecule has 2 aromatic heterocycles. The SMILES string of the molecule is Cl.O=C(O)CSc1nn2cc(-c3ccccc3)nc2s1. The van der Waals surface area contributed by atoms with Gasteiger partial charge in [0.2, 0.25) is 4.96 Å². The van der Waals surface area contributed by atoms with Gasteiger partial charge in [0.25, 0.3) is 0 Å². The Balaban J connectivity index is 0.00000147. The largest absolute Gasteiger partial charge is 0.481 e. The quantitative estimate of drug-likeness (QED) is 0.746. The zero-order valence-electron chi connectivity index (χ0n) is 10.1. The summed E-state index contributed by atoms with van der Waals surface area (Å²) in [5.41, 5.74) is 1.91. The molecule has 0 saturated carbocycles. The third kappa shape index (κ3) is 3.12. The molecule has 0 fully saturated rings. The van der Waals surface area contributed by atoms with Crippen molar-refractivity contribution >= 4 is 46.4 Å². The number of fused-ring (bicyclic) bond motifs is 1. The molecule has 1 N–H and O–H groups in total. The number of aliphatic carboxylic acids is 1. The summed E-state index contributed by atoms with van der Waals surface area (Å²) in [7, 11) is 0. The lowest BCUT2D eigenvalue weighted by atomic mass is 10.2. The van der Waals surface area contributed by atoms with Crippen molar-refractivity contribution in [3.63, 3.8) is 0 Å². The lowest BCUT2D eigenvalue weighted by molar-refractivity contribution is -0.133. The molecule has 0 aliphatic heterocycles. The van der Waals surface area contributed by atoms with Crippen molar-refractivity contribution in [3.8, 4) is 11.3 Å². The van der Waals surface area contributed by atoms with Crippen LogP contribution in [0.3, 0.4) is 0 Å². The zero-order chi connectivity index (χ0) is 13.2. The van der Waals surface area contributed by atoms with Gasteiger partial charge in [0, 0.05) is 5.56 Å². The Kier molecular flexibility index (Phi) is 4.64. The predicted octanol–water partition coefficient (Wildman–Crippen LogP) is 3.06. The third-order valence-corrected chi connectivity index (χ3v) is 4.45. The maximum atomic E-state index is 10.5. The summed E-state index contributed by atoms with van der Waals surface area (Å²) >= 11 is 2.60. The number of nitrogens with zero attached hydrogens (tertiary/aromatic N) is 3. The van der Waals surface area contributed by atoms with Gasteiger partial charge in [-0.3, -0.25) is 4.79 Å². The minimum Gasteiger partial charge on any atom is -0.481 e. The summed E-state index contributed by atoms with van der Waals surface area (Å²) < 4.78 is 2.40. The van der Waals surface area contributed by atoms with Crippen LogP contribution in [-0.2, 0) is 4.79 Å². The molecule has 5 nitrogen and oxygen atoms in total. The predicted molar refractivity (Wildman–Crippen MR) is 81.9 cm³/mol. The summed E-state index contributed by atoms with van der Waals surface area (Å²) in [6, 6.07) is 9.87. The second-order valence-electron chi connectivity index (χ2n) is 3.77. The molecular weight excluding hydrogens is 318 g/mol. The number of carboxylic acid groups (broad SMARTS) is 1. The first-order chi connectivity index (χ1) is 9.22. The van der Waals surface area contributed by atoms with Crippen LogP contribution < -0.4 is 0 Å². The maximum absolute atomic E-state index is 10.5. The van der Waals surface area contributed by atoms with Crippen LogP contribution in [0.15, 0.2) is 40.9 Å². The van der Waals surface area contributed by atoms with E-state index in [1.54, 1.807) is 4.52 Å². The molecule has 0 unspecified atom stereocenters. The Labute approximate surface area is 129 Å². The fourth-order valence-electron chi connectivity index (χ4n) is 1.61. The van der Waals surface area contributed by atoms with Crippen molar-refractivity contribution in [2.75, 3.05) is 5.75 Å². The third-order valence-electron chi connectivity index (χ3n) is 2.41. The minimum absolute atomic E-state index is 0. The Morgan fingerprint density at radius 1 is 1.35 bits per heavy atom. The van der Waals surface area contributed by atoms with E-state index in [0.29, 0.717) is 4.34 Å². The highest BCUT2D eigenvalue weighted by molar-refractivity contribution is 8.01. The topological polar surface area (TPSA) is 67.5 Å². The molecule has 3 rings (SSSR count). The molecule has 8 heteroatoms. The van der Waals surface area contributed by atoms with E-state index in [2.05, 4.69) is 10.1 Å². The van der Waals surface area contributed by atoms with E-state index in [0.717, 1.165) is 16.2 Å². The van der Waals surface area contributed by atoms with Gasteiger partial charge in [-0.15, -0.1) is 17.5 Å². The first kappa shape index (κ1) is 14.8. The molecular formula is C12H10ClN3O2S2. The monoisotopic (exact) mass is 327 g/mol. The number of aromatic nitrogens is 3.